The van der Waals surface area contributed by atoms with E-state index in [0.717, 1.165) is 13.7 Å². The molecule has 1 heterocycles. The Morgan fingerprint density at radius 2 is 2.07 bits per heavy atom. The van der Waals surface area contributed by atoms with Crippen LogP contribution in [0.15, 0.2) is 17.5 Å². The minimum atomic E-state index is -2.51. The monoisotopic (exact) mass is 344 g/mol. The number of fused-ring (bicyclic) bond motifs is 1. The first-order chi connectivity index (χ1) is 6.59. The summed E-state index contributed by atoms with van der Waals surface area (Å²) < 4.78 is 26.9. The van der Waals surface area contributed by atoms with Crippen molar-refractivity contribution in [3.8, 4) is 0 Å². The van der Waals surface area contributed by atoms with Gasteiger partial charge in [0.1, 0.15) is 0 Å². The van der Waals surface area contributed by atoms with Gasteiger partial charge < -0.3 is 0 Å². The maximum absolute atomic E-state index is 12.5. The molecule has 0 amide bonds. The Bertz CT molecular complexity index is 481. The standard InChI is InChI=1S/C9H4ClF2IS/c10-6-1-5-7(13)3-14-8(5)2-4(6)9(11)12/h1-3,9H. The third-order valence-corrected chi connectivity index (χ3v) is 4.47. The van der Waals surface area contributed by atoms with E-state index in [4.69, 9.17) is 11.6 Å². The lowest BCUT2D eigenvalue weighted by Gasteiger charge is -2.02. The van der Waals surface area contributed by atoms with Gasteiger partial charge in [0.25, 0.3) is 6.43 Å². The molecule has 0 atom stereocenters. The average Bonchev–Trinajstić information content (AvgIpc) is 2.46. The van der Waals surface area contributed by atoms with Crippen LogP contribution >= 0.6 is 45.5 Å². The molecule has 0 radical (unpaired) electrons. The summed E-state index contributed by atoms with van der Waals surface area (Å²) in [5.41, 5.74) is -0.0857. The van der Waals surface area contributed by atoms with E-state index in [-0.39, 0.29) is 10.6 Å². The molecule has 0 aliphatic carbocycles. The van der Waals surface area contributed by atoms with Crippen molar-refractivity contribution in [2.24, 2.45) is 0 Å². The highest BCUT2D eigenvalue weighted by atomic mass is 127. The fourth-order valence-electron chi connectivity index (χ4n) is 1.20. The number of halogens is 4. The summed E-state index contributed by atoms with van der Waals surface area (Å²) in [5.74, 6) is 0. The second-order valence-electron chi connectivity index (χ2n) is 2.75. The fourth-order valence-corrected chi connectivity index (χ4v) is 3.30. The molecule has 0 saturated heterocycles. The molecule has 0 fully saturated rings. The Labute approximate surface area is 102 Å². The van der Waals surface area contributed by atoms with Gasteiger partial charge in [-0.05, 0) is 34.7 Å². The van der Waals surface area contributed by atoms with Crippen LogP contribution in [0.5, 0.6) is 0 Å². The SMILES string of the molecule is FC(F)c1cc2scc(I)c2cc1Cl. The first kappa shape index (κ1) is 10.6. The maximum Gasteiger partial charge on any atom is 0.265 e. The third-order valence-electron chi connectivity index (χ3n) is 1.88. The van der Waals surface area contributed by atoms with Crippen LogP contribution in [0.4, 0.5) is 8.78 Å². The van der Waals surface area contributed by atoms with Gasteiger partial charge in [0, 0.05) is 24.6 Å². The van der Waals surface area contributed by atoms with Crippen LogP contribution in [0.2, 0.25) is 5.02 Å². The molecule has 1 aromatic carbocycles. The molecular formula is C9H4ClF2IS. The fraction of sp³-hybridized carbons (Fsp3) is 0.111. The third kappa shape index (κ3) is 1.75. The van der Waals surface area contributed by atoms with Crippen LogP contribution in [0.1, 0.15) is 12.0 Å². The van der Waals surface area contributed by atoms with Gasteiger partial charge in [-0.2, -0.15) is 0 Å². The predicted octanol–water partition coefficient (Wildman–Crippen LogP) is 5.10. The van der Waals surface area contributed by atoms with Crippen molar-refractivity contribution in [2.75, 3.05) is 0 Å². The molecule has 2 rings (SSSR count). The summed E-state index contributed by atoms with van der Waals surface area (Å²) in [6.07, 6.45) is -2.51. The Morgan fingerprint density at radius 3 is 2.71 bits per heavy atom. The zero-order chi connectivity index (χ0) is 10.3. The van der Waals surface area contributed by atoms with Crippen LogP contribution in [0.3, 0.4) is 0 Å². The minimum Gasteiger partial charge on any atom is -0.205 e. The second-order valence-corrected chi connectivity index (χ2v) is 5.23. The van der Waals surface area contributed by atoms with Gasteiger partial charge in [-0.3, -0.25) is 0 Å². The highest BCUT2D eigenvalue weighted by Gasteiger charge is 2.14. The van der Waals surface area contributed by atoms with Gasteiger partial charge in [-0.25, -0.2) is 8.78 Å². The summed E-state index contributed by atoms with van der Waals surface area (Å²) in [6, 6.07) is 3.08. The number of benzene rings is 1. The van der Waals surface area contributed by atoms with Crippen molar-refractivity contribution in [3.05, 3.63) is 31.7 Å². The van der Waals surface area contributed by atoms with E-state index < -0.39 is 6.43 Å². The van der Waals surface area contributed by atoms with Crippen LogP contribution < -0.4 is 0 Å². The smallest absolute Gasteiger partial charge is 0.205 e. The number of thiophene rings is 1. The zero-order valence-corrected chi connectivity index (χ0v) is 10.5. The maximum atomic E-state index is 12.5. The summed E-state index contributed by atoms with van der Waals surface area (Å²) in [5, 5.41) is 3.02. The highest BCUT2D eigenvalue weighted by Crippen LogP contribution is 2.35. The van der Waals surface area contributed by atoms with Crippen molar-refractivity contribution in [1.29, 1.82) is 0 Å². The summed E-state index contributed by atoms with van der Waals surface area (Å²) >= 11 is 9.37. The Hall–Kier alpha value is 0.0600. The first-order valence-electron chi connectivity index (χ1n) is 3.74. The average molecular weight is 345 g/mol. The molecule has 0 spiro atoms. The van der Waals surface area contributed by atoms with Gasteiger partial charge >= 0.3 is 0 Å². The molecule has 14 heavy (non-hydrogen) atoms. The molecule has 74 valence electrons. The van der Waals surface area contributed by atoms with E-state index in [1.165, 1.54) is 17.4 Å². The van der Waals surface area contributed by atoms with Crippen LogP contribution in [0, 0.1) is 3.57 Å². The van der Waals surface area contributed by atoms with E-state index in [1.807, 2.05) is 5.38 Å². The van der Waals surface area contributed by atoms with Crippen molar-refractivity contribution < 1.29 is 8.78 Å². The summed E-state index contributed by atoms with van der Waals surface area (Å²) in [7, 11) is 0. The van der Waals surface area contributed by atoms with Gasteiger partial charge in [0.2, 0.25) is 0 Å². The van der Waals surface area contributed by atoms with Gasteiger partial charge in [-0.15, -0.1) is 11.3 Å². The summed E-state index contributed by atoms with van der Waals surface area (Å²) in [4.78, 5) is 0. The molecule has 0 saturated carbocycles. The molecule has 0 aliphatic heterocycles. The normalized spacial score (nSPS) is 11.5. The molecule has 0 aliphatic rings. The van der Waals surface area contributed by atoms with Gasteiger partial charge in [-0.1, -0.05) is 11.6 Å². The van der Waals surface area contributed by atoms with Crippen molar-refractivity contribution in [1.82, 2.24) is 0 Å². The van der Waals surface area contributed by atoms with Crippen molar-refractivity contribution >= 4 is 55.6 Å². The summed E-state index contributed by atoms with van der Waals surface area (Å²) in [6.45, 7) is 0. The molecule has 0 unspecified atom stereocenters. The van der Waals surface area contributed by atoms with E-state index in [1.54, 1.807) is 6.07 Å². The van der Waals surface area contributed by atoms with E-state index in [2.05, 4.69) is 22.6 Å². The van der Waals surface area contributed by atoms with Crippen LogP contribution in [-0.4, -0.2) is 0 Å². The highest BCUT2D eigenvalue weighted by molar-refractivity contribution is 14.1. The van der Waals surface area contributed by atoms with Crippen molar-refractivity contribution in [2.45, 2.75) is 6.43 Å². The number of hydrogen-bond donors (Lipinski definition) is 0. The molecule has 2 aromatic rings. The van der Waals surface area contributed by atoms with E-state index in [9.17, 15) is 8.78 Å². The Balaban J connectivity index is 2.72. The Kier molecular flexibility index (Phi) is 2.95. The lowest BCUT2D eigenvalue weighted by atomic mass is 10.2. The van der Waals surface area contributed by atoms with E-state index >= 15 is 0 Å². The lowest BCUT2D eigenvalue weighted by Crippen LogP contribution is -1.85. The first-order valence-corrected chi connectivity index (χ1v) is 6.07. The van der Waals surface area contributed by atoms with Gasteiger partial charge in [0.05, 0.1) is 5.02 Å². The molecule has 5 heteroatoms. The Morgan fingerprint density at radius 1 is 1.36 bits per heavy atom. The number of hydrogen-bond acceptors (Lipinski definition) is 1. The molecular weight excluding hydrogens is 341 g/mol. The molecule has 0 N–H and O–H groups in total. The van der Waals surface area contributed by atoms with Crippen LogP contribution in [0.25, 0.3) is 10.1 Å². The van der Waals surface area contributed by atoms with Crippen molar-refractivity contribution in [3.63, 3.8) is 0 Å². The number of rotatable bonds is 1. The second kappa shape index (κ2) is 3.90. The molecule has 0 bridgehead atoms. The quantitative estimate of drug-likeness (QED) is 0.632. The topological polar surface area (TPSA) is 0 Å². The van der Waals surface area contributed by atoms with Gasteiger partial charge in [0.15, 0.2) is 0 Å². The molecule has 0 nitrogen and oxygen atoms in total. The van der Waals surface area contributed by atoms with E-state index in [0.29, 0.717) is 0 Å². The zero-order valence-electron chi connectivity index (χ0n) is 6.73. The number of alkyl halides is 2. The molecule has 1 aromatic heterocycles. The predicted molar refractivity (Wildman–Crippen MR) is 64.5 cm³/mol. The largest absolute Gasteiger partial charge is 0.265 e. The lowest BCUT2D eigenvalue weighted by molar-refractivity contribution is 0.151. The van der Waals surface area contributed by atoms with Crippen LogP contribution in [-0.2, 0) is 0 Å². The minimum absolute atomic E-state index is 0.0857.